The third-order valence-electron chi connectivity index (χ3n) is 2.88. The maximum absolute atomic E-state index is 9.08. The number of hydrogen-bond donors (Lipinski definition) is 1. The van der Waals surface area contributed by atoms with E-state index < -0.39 is 0 Å². The number of hydrogen-bond acceptors (Lipinski definition) is 4. The molecule has 1 aromatic heterocycles. The number of nitrogen functional groups attached to an aromatic ring is 1. The van der Waals surface area contributed by atoms with E-state index in [2.05, 4.69) is 6.07 Å². The monoisotopic (exact) mass is 235 g/mol. The van der Waals surface area contributed by atoms with Gasteiger partial charge in [0, 0.05) is 12.7 Å². The molecular formula is C12H17N3O2. The van der Waals surface area contributed by atoms with Crippen LogP contribution in [0.3, 0.4) is 0 Å². The molecule has 1 atom stereocenters. The Labute approximate surface area is 101 Å². The third kappa shape index (κ3) is 2.37. The third-order valence-corrected chi connectivity index (χ3v) is 2.88. The first-order valence-electron chi connectivity index (χ1n) is 5.89. The van der Waals surface area contributed by atoms with E-state index in [4.69, 9.17) is 20.5 Å². The van der Waals surface area contributed by atoms with Crippen molar-refractivity contribution in [2.45, 2.75) is 32.4 Å². The zero-order chi connectivity index (χ0) is 12.3. The smallest absolute Gasteiger partial charge is 0.218 e. The van der Waals surface area contributed by atoms with Crippen LogP contribution in [0.1, 0.15) is 25.5 Å². The molecule has 1 aromatic rings. The molecule has 0 unspecified atom stereocenters. The molecule has 5 nitrogen and oxygen atoms in total. The number of rotatable bonds is 4. The van der Waals surface area contributed by atoms with Gasteiger partial charge < -0.3 is 15.2 Å². The Morgan fingerprint density at radius 3 is 3.12 bits per heavy atom. The molecule has 1 fully saturated rings. The number of anilines is 1. The molecule has 1 aliphatic rings. The van der Waals surface area contributed by atoms with Crippen LogP contribution >= 0.6 is 0 Å². The fraction of sp³-hybridized carbons (Fsp3) is 0.583. The van der Waals surface area contributed by atoms with Gasteiger partial charge in [0.25, 0.3) is 0 Å². The Kier molecular flexibility index (Phi) is 3.55. The molecule has 1 saturated heterocycles. The molecule has 1 aliphatic heterocycles. The Morgan fingerprint density at radius 2 is 2.53 bits per heavy atom. The van der Waals surface area contributed by atoms with Crippen molar-refractivity contribution >= 4 is 5.69 Å². The predicted molar refractivity (Wildman–Crippen MR) is 63.7 cm³/mol. The van der Waals surface area contributed by atoms with Gasteiger partial charge >= 0.3 is 0 Å². The summed E-state index contributed by atoms with van der Waals surface area (Å²) in [5.74, 6) is 0.583. The van der Waals surface area contributed by atoms with Crippen molar-refractivity contribution in [2.75, 3.05) is 18.9 Å². The van der Waals surface area contributed by atoms with E-state index in [1.807, 2.05) is 11.5 Å². The molecule has 17 heavy (non-hydrogen) atoms. The fourth-order valence-corrected chi connectivity index (χ4v) is 2.12. The van der Waals surface area contributed by atoms with Crippen LogP contribution in [-0.2, 0) is 11.3 Å². The number of ether oxygens (including phenoxy) is 2. The van der Waals surface area contributed by atoms with Crippen molar-refractivity contribution in [3.8, 4) is 11.9 Å². The second kappa shape index (κ2) is 5.11. The summed E-state index contributed by atoms with van der Waals surface area (Å²) in [4.78, 5) is 0. The normalized spacial score (nSPS) is 19.2. The lowest BCUT2D eigenvalue weighted by atomic mass is 10.2. The highest BCUT2D eigenvalue weighted by Crippen LogP contribution is 2.28. The van der Waals surface area contributed by atoms with E-state index in [9.17, 15) is 0 Å². The van der Waals surface area contributed by atoms with Crippen LogP contribution in [0, 0.1) is 11.3 Å². The van der Waals surface area contributed by atoms with Gasteiger partial charge in [-0.2, -0.15) is 5.26 Å². The van der Waals surface area contributed by atoms with Crippen molar-refractivity contribution < 1.29 is 9.47 Å². The van der Waals surface area contributed by atoms with Crippen molar-refractivity contribution in [1.29, 1.82) is 5.26 Å². The Morgan fingerprint density at radius 1 is 1.71 bits per heavy atom. The van der Waals surface area contributed by atoms with Gasteiger partial charge in [-0.15, -0.1) is 0 Å². The number of nitrogens with zero attached hydrogens (tertiary/aromatic N) is 2. The molecule has 0 spiro atoms. The van der Waals surface area contributed by atoms with Gasteiger partial charge in [0.2, 0.25) is 5.88 Å². The Balaban J connectivity index is 2.25. The SMILES string of the molecule is CCOc1c(N)cc(C#N)n1C[C@@H]1CCCO1. The summed E-state index contributed by atoms with van der Waals surface area (Å²) in [6, 6.07) is 3.79. The molecule has 2 heterocycles. The van der Waals surface area contributed by atoms with E-state index >= 15 is 0 Å². The maximum atomic E-state index is 9.08. The van der Waals surface area contributed by atoms with Gasteiger partial charge in [0.15, 0.2) is 0 Å². The molecule has 0 amide bonds. The van der Waals surface area contributed by atoms with Crippen molar-refractivity contribution in [3.63, 3.8) is 0 Å². The quantitative estimate of drug-likeness (QED) is 0.858. The molecule has 0 aliphatic carbocycles. The minimum Gasteiger partial charge on any atom is -0.478 e. The zero-order valence-corrected chi connectivity index (χ0v) is 9.98. The summed E-state index contributed by atoms with van der Waals surface area (Å²) in [6.07, 6.45) is 2.26. The summed E-state index contributed by atoms with van der Waals surface area (Å²) < 4.78 is 12.9. The van der Waals surface area contributed by atoms with Gasteiger partial charge in [-0.1, -0.05) is 0 Å². The first-order valence-corrected chi connectivity index (χ1v) is 5.89. The molecule has 0 saturated carbocycles. The van der Waals surface area contributed by atoms with Gasteiger partial charge in [-0.3, -0.25) is 4.57 Å². The van der Waals surface area contributed by atoms with Crippen LogP contribution < -0.4 is 10.5 Å². The largest absolute Gasteiger partial charge is 0.478 e. The van der Waals surface area contributed by atoms with E-state index in [0.717, 1.165) is 19.4 Å². The summed E-state index contributed by atoms with van der Waals surface area (Å²) in [5, 5.41) is 9.08. The molecule has 0 radical (unpaired) electrons. The molecule has 92 valence electrons. The van der Waals surface area contributed by atoms with Crippen molar-refractivity contribution in [1.82, 2.24) is 4.57 Å². The number of nitriles is 1. The van der Waals surface area contributed by atoms with Crippen LogP contribution in [0.5, 0.6) is 5.88 Å². The zero-order valence-electron chi connectivity index (χ0n) is 9.98. The molecule has 0 bridgehead atoms. The lowest BCUT2D eigenvalue weighted by molar-refractivity contribution is 0.0942. The highest BCUT2D eigenvalue weighted by Gasteiger charge is 2.21. The highest BCUT2D eigenvalue weighted by molar-refractivity contribution is 5.55. The summed E-state index contributed by atoms with van der Waals surface area (Å²) in [6.45, 7) is 3.86. The topological polar surface area (TPSA) is 73.2 Å². The van der Waals surface area contributed by atoms with Gasteiger partial charge in [-0.05, 0) is 19.8 Å². The van der Waals surface area contributed by atoms with Crippen LogP contribution in [0.4, 0.5) is 5.69 Å². The first kappa shape index (κ1) is 11.8. The van der Waals surface area contributed by atoms with Crippen molar-refractivity contribution in [2.24, 2.45) is 0 Å². The number of nitrogens with two attached hydrogens (primary N) is 1. The average Bonchev–Trinajstić information content (AvgIpc) is 2.92. The van der Waals surface area contributed by atoms with E-state index in [-0.39, 0.29) is 6.10 Å². The van der Waals surface area contributed by atoms with Gasteiger partial charge in [-0.25, -0.2) is 0 Å². The molecule has 5 heteroatoms. The minimum atomic E-state index is 0.160. The maximum Gasteiger partial charge on any atom is 0.218 e. The van der Waals surface area contributed by atoms with Crippen LogP contribution in [0.15, 0.2) is 6.07 Å². The second-order valence-electron chi connectivity index (χ2n) is 4.08. The predicted octanol–water partition coefficient (Wildman–Crippen LogP) is 1.52. The lowest BCUT2D eigenvalue weighted by Crippen LogP contribution is -2.17. The van der Waals surface area contributed by atoms with E-state index in [1.54, 1.807) is 6.07 Å². The van der Waals surface area contributed by atoms with Crippen molar-refractivity contribution in [3.05, 3.63) is 11.8 Å². The average molecular weight is 235 g/mol. The Hall–Kier alpha value is -1.67. The van der Waals surface area contributed by atoms with E-state index in [0.29, 0.717) is 30.4 Å². The minimum absolute atomic E-state index is 0.160. The molecule has 2 N–H and O–H groups in total. The first-order chi connectivity index (χ1) is 8.26. The molecule has 0 aromatic carbocycles. The lowest BCUT2D eigenvalue weighted by Gasteiger charge is -2.15. The van der Waals surface area contributed by atoms with Crippen LogP contribution in [0.2, 0.25) is 0 Å². The van der Waals surface area contributed by atoms with Gasteiger partial charge in [0.1, 0.15) is 11.8 Å². The summed E-state index contributed by atoms with van der Waals surface area (Å²) >= 11 is 0. The van der Waals surface area contributed by atoms with Gasteiger partial charge in [0.05, 0.1) is 24.9 Å². The fourth-order valence-electron chi connectivity index (χ4n) is 2.12. The highest BCUT2D eigenvalue weighted by atomic mass is 16.5. The summed E-state index contributed by atoms with van der Waals surface area (Å²) in [5.41, 5.74) is 6.88. The standard InChI is InChI=1S/C12H17N3O2/c1-2-16-12-11(14)6-9(7-13)15(12)8-10-4-3-5-17-10/h6,10H,2-5,8,14H2,1H3/t10-/m0/s1. The second-order valence-corrected chi connectivity index (χ2v) is 4.08. The summed E-state index contributed by atoms with van der Waals surface area (Å²) in [7, 11) is 0. The molecular weight excluding hydrogens is 218 g/mol. The van der Waals surface area contributed by atoms with E-state index in [1.165, 1.54) is 0 Å². The number of aromatic nitrogens is 1. The molecule has 2 rings (SSSR count). The Bertz CT molecular complexity index is 428. The van der Waals surface area contributed by atoms with Crippen LogP contribution in [-0.4, -0.2) is 23.9 Å². The van der Waals surface area contributed by atoms with Crippen LogP contribution in [0.25, 0.3) is 0 Å².